The zero-order chi connectivity index (χ0) is 24.6. The van der Waals surface area contributed by atoms with Crippen LogP contribution in [0, 0.1) is 5.92 Å². The molecular weight excluding hydrogens is 495 g/mol. The van der Waals surface area contributed by atoms with Crippen molar-refractivity contribution in [1.29, 1.82) is 0 Å². The molecule has 6 nitrogen and oxygen atoms in total. The minimum Gasteiger partial charge on any atom is -0.388 e. The first kappa shape index (κ1) is 24.5. The number of carbonyl (C=O) groups excluding carboxylic acids is 1. The fourth-order valence-electron chi connectivity index (χ4n) is 3.92. The second kappa shape index (κ2) is 9.58. The molecule has 0 saturated carbocycles. The van der Waals surface area contributed by atoms with Crippen LogP contribution in [0.3, 0.4) is 0 Å². The highest BCUT2D eigenvalue weighted by Gasteiger charge is 2.28. The minimum atomic E-state index is -3.91. The van der Waals surface area contributed by atoms with Gasteiger partial charge in [0.05, 0.1) is 32.8 Å². The number of aliphatic hydroxyl groups is 1. The van der Waals surface area contributed by atoms with Gasteiger partial charge in [0.15, 0.2) is 5.78 Å². The number of hydrogen-bond acceptors (Lipinski definition) is 5. The topological polar surface area (TPSA) is 95.5 Å². The Morgan fingerprint density at radius 3 is 2.38 bits per heavy atom. The summed E-state index contributed by atoms with van der Waals surface area (Å²) in [5.74, 6) is 0.000695. The van der Waals surface area contributed by atoms with Gasteiger partial charge in [-0.25, -0.2) is 8.42 Å². The van der Waals surface area contributed by atoms with Crippen molar-refractivity contribution in [1.82, 2.24) is 0 Å². The number of anilines is 2. The number of sulfonamides is 1. The summed E-state index contributed by atoms with van der Waals surface area (Å²) in [7, 11) is -3.91. The van der Waals surface area contributed by atoms with Gasteiger partial charge in [0.1, 0.15) is 0 Å². The minimum absolute atomic E-state index is 0.0215. The molecule has 0 aromatic heterocycles. The maximum atomic E-state index is 12.9. The van der Waals surface area contributed by atoms with Crippen LogP contribution in [0.1, 0.15) is 53.9 Å². The summed E-state index contributed by atoms with van der Waals surface area (Å²) in [5, 5.41) is 14.7. The summed E-state index contributed by atoms with van der Waals surface area (Å²) in [6.45, 7) is 3.72. The van der Waals surface area contributed by atoms with E-state index in [2.05, 4.69) is 10.0 Å². The van der Waals surface area contributed by atoms with Gasteiger partial charge in [0.2, 0.25) is 0 Å². The Morgan fingerprint density at radius 1 is 1.03 bits per heavy atom. The van der Waals surface area contributed by atoms with E-state index in [4.69, 9.17) is 23.2 Å². The summed E-state index contributed by atoms with van der Waals surface area (Å²) in [6, 6.07) is 16.2. The number of rotatable bonds is 6. The van der Waals surface area contributed by atoms with E-state index in [1.165, 1.54) is 30.3 Å². The summed E-state index contributed by atoms with van der Waals surface area (Å²) in [4.78, 5) is 12.2. The van der Waals surface area contributed by atoms with E-state index in [0.717, 1.165) is 5.56 Å². The van der Waals surface area contributed by atoms with Gasteiger partial charge in [-0.15, -0.1) is 0 Å². The Balaban J connectivity index is 1.55. The van der Waals surface area contributed by atoms with Gasteiger partial charge < -0.3 is 10.4 Å². The fraction of sp³-hybridized carbons (Fsp3) is 0.240. The SMILES string of the molecule is CC(C)C(=O)c1ccc(C2C[C@H](O)c3cc(S(=O)(=O)Nc4ccc(Cl)c(Cl)c4)ccc3N2)cc1. The van der Waals surface area contributed by atoms with E-state index in [-0.39, 0.29) is 33.3 Å². The van der Waals surface area contributed by atoms with Crippen molar-refractivity contribution >= 4 is 50.4 Å². The van der Waals surface area contributed by atoms with Crippen LogP contribution in [0.25, 0.3) is 0 Å². The first-order chi connectivity index (χ1) is 16.0. The molecule has 0 amide bonds. The summed E-state index contributed by atoms with van der Waals surface area (Å²) < 4.78 is 28.3. The highest BCUT2D eigenvalue weighted by molar-refractivity contribution is 7.92. The average molecular weight is 519 g/mol. The molecule has 1 heterocycles. The van der Waals surface area contributed by atoms with Crippen molar-refractivity contribution in [3.05, 3.63) is 87.4 Å². The number of benzene rings is 3. The van der Waals surface area contributed by atoms with Crippen molar-refractivity contribution in [2.45, 2.75) is 37.3 Å². The highest BCUT2D eigenvalue weighted by Crippen LogP contribution is 2.40. The van der Waals surface area contributed by atoms with Crippen molar-refractivity contribution in [2.24, 2.45) is 5.92 Å². The average Bonchev–Trinajstić information content (AvgIpc) is 2.80. The lowest BCUT2D eigenvalue weighted by Gasteiger charge is -2.31. The number of ketones is 1. The molecule has 0 fully saturated rings. The van der Waals surface area contributed by atoms with Gasteiger partial charge in [-0.2, -0.15) is 0 Å². The Bertz CT molecular complexity index is 1340. The predicted octanol–water partition coefficient (Wildman–Crippen LogP) is 6.22. The van der Waals surface area contributed by atoms with Crippen LogP contribution in [0.5, 0.6) is 0 Å². The number of nitrogens with one attached hydrogen (secondary N) is 2. The van der Waals surface area contributed by atoms with Crippen LogP contribution in [0.15, 0.2) is 65.6 Å². The molecule has 1 aliphatic rings. The van der Waals surface area contributed by atoms with Gasteiger partial charge in [-0.3, -0.25) is 9.52 Å². The second-order valence-electron chi connectivity index (χ2n) is 8.57. The van der Waals surface area contributed by atoms with Crippen LogP contribution in [-0.4, -0.2) is 19.3 Å². The molecule has 4 rings (SSSR count). The van der Waals surface area contributed by atoms with Gasteiger partial charge in [-0.05, 0) is 42.0 Å². The number of carbonyl (C=O) groups is 1. The molecule has 2 atom stereocenters. The molecule has 0 spiro atoms. The molecule has 0 bridgehead atoms. The number of aliphatic hydroxyl groups excluding tert-OH is 1. The maximum Gasteiger partial charge on any atom is 0.261 e. The van der Waals surface area contributed by atoms with Crippen LogP contribution >= 0.6 is 23.2 Å². The van der Waals surface area contributed by atoms with Crippen LogP contribution in [0.4, 0.5) is 11.4 Å². The molecule has 1 unspecified atom stereocenters. The van der Waals surface area contributed by atoms with E-state index < -0.39 is 16.1 Å². The van der Waals surface area contributed by atoms with E-state index in [1.807, 2.05) is 26.0 Å². The molecule has 0 saturated heterocycles. The first-order valence-corrected chi connectivity index (χ1v) is 13.0. The predicted molar refractivity (Wildman–Crippen MR) is 135 cm³/mol. The van der Waals surface area contributed by atoms with E-state index in [1.54, 1.807) is 18.2 Å². The van der Waals surface area contributed by atoms with E-state index in [9.17, 15) is 18.3 Å². The monoisotopic (exact) mass is 518 g/mol. The molecule has 3 aromatic carbocycles. The second-order valence-corrected chi connectivity index (χ2v) is 11.1. The lowest BCUT2D eigenvalue weighted by atomic mass is 9.90. The van der Waals surface area contributed by atoms with Gasteiger partial charge in [0, 0.05) is 29.2 Å². The molecule has 9 heteroatoms. The Morgan fingerprint density at radius 2 is 1.74 bits per heavy atom. The third-order valence-corrected chi connectivity index (χ3v) is 7.89. The maximum absolute atomic E-state index is 12.9. The van der Waals surface area contributed by atoms with Gasteiger partial charge in [-0.1, -0.05) is 61.3 Å². The normalized spacial score (nSPS) is 17.7. The molecular formula is C25H24Cl2N2O4S. The largest absolute Gasteiger partial charge is 0.388 e. The van der Waals surface area contributed by atoms with E-state index >= 15 is 0 Å². The zero-order valence-electron chi connectivity index (χ0n) is 18.5. The lowest BCUT2D eigenvalue weighted by molar-refractivity contribution is 0.0939. The highest BCUT2D eigenvalue weighted by atomic mass is 35.5. The summed E-state index contributed by atoms with van der Waals surface area (Å²) >= 11 is 11.9. The van der Waals surface area contributed by atoms with Crippen molar-refractivity contribution in [3.8, 4) is 0 Å². The van der Waals surface area contributed by atoms with Crippen molar-refractivity contribution < 1.29 is 18.3 Å². The standard InChI is InChI=1S/C25H24Cl2N2O4S/c1-14(2)25(31)16-5-3-15(4-6-16)23-13-24(30)19-12-18(8-10-22(19)28-23)34(32,33)29-17-7-9-20(26)21(27)11-17/h3-12,14,23-24,28-30H,13H2,1-2H3/t23?,24-/m0/s1. The number of hydrogen-bond donors (Lipinski definition) is 3. The van der Waals surface area contributed by atoms with Crippen LogP contribution < -0.4 is 10.0 Å². The third-order valence-electron chi connectivity index (χ3n) is 5.77. The fourth-order valence-corrected chi connectivity index (χ4v) is 5.30. The zero-order valence-corrected chi connectivity index (χ0v) is 20.9. The quantitative estimate of drug-likeness (QED) is 0.336. The molecule has 3 aromatic rings. The van der Waals surface area contributed by atoms with Crippen LogP contribution in [0.2, 0.25) is 10.0 Å². The summed E-state index contributed by atoms with van der Waals surface area (Å²) in [6.07, 6.45) is -0.507. The van der Waals surface area contributed by atoms with Gasteiger partial charge >= 0.3 is 0 Å². The Kier molecular flexibility index (Phi) is 6.92. The number of halogens is 2. The Labute approximate surface area is 209 Å². The molecule has 3 N–H and O–H groups in total. The molecule has 1 aliphatic heterocycles. The molecule has 0 aliphatic carbocycles. The first-order valence-electron chi connectivity index (χ1n) is 10.8. The van der Waals surface area contributed by atoms with E-state index in [0.29, 0.717) is 28.3 Å². The molecule has 0 radical (unpaired) electrons. The smallest absolute Gasteiger partial charge is 0.261 e. The Hall–Kier alpha value is -2.58. The lowest BCUT2D eigenvalue weighted by Crippen LogP contribution is -2.22. The molecule has 178 valence electrons. The molecule has 34 heavy (non-hydrogen) atoms. The summed E-state index contributed by atoms with van der Waals surface area (Å²) in [5.41, 5.74) is 3.02. The third kappa shape index (κ3) is 5.08. The van der Waals surface area contributed by atoms with Crippen molar-refractivity contribution in [2.75, 3.05) is 10.0 Å². The number of Topliss-reactive ketones (excluding diaryl/α,β-unsaturated/α-hetero) is 1. The van der Waals surface area contributed by atoms with Gasteiger partial charge in [0.25, 0.3) is 10.0 Å². The van der Waals surface area contributed by atoms with Crippen LogP contribution in [-0.2, 0) is 10.0 Å². The van der Waals surface area contributed by atoms with Crippen molar-refractivity contribution in [3.63, 3.8) is 0 Å². The number of fused-ring (bicyclic) bond motifs is 1.